The topological polar surface area (TPSA) is 30.3 Å². The van der Waals surface area contributed by atoms with Gasteiger partial charge in [0.25, 0.3) is 0 Å². The van der Waals surface area contributed by atoms with Gasteiger partial charge in [0.15, 0.2) is 0 Å². The summed E-state index contributed by atoms with van der Waals surface area (Å²) in [6, 6.07) is 3.29. The van der Waals surface area contributed by atoms with Gasteiger partial charge in [0.2, 0.25) is 0 Å². The van der Waals surface area contributed by atoms with Gasteiger partial charge in [-0.1, -0.05) is 6.92 Å². The molecule has 0 N–H and O–H groups in total. The van der Waals surface area contributed by atoms with E-state index in [0.29, 0.717) is 18.5 Å². The third-order valence-corrected chi connectivity index (χ3v) is 2.83. The van der Waals surface area contributed by atoms with E-state index in [2.05, 4.69) is 36.8 Å². The van der Waals surface area contributed by atoms with Crippen LogP contribution in [0.15, 0.2) is 0 Å². The lowest BCUT2D eigenvalue weighted by Gasteiger charge is -2.43. The Bertz CT molecular complexity index is 197. The maximum absolute atomic E-state index is 8.71. The first-order valence-electron chi connectivity index (χ1n) is 5.00. The molecule has 0 aromatic carbocycles. The summed E-state index contributed by atoms with van der Waals surface area (Å²) in [5.41, 5.74) is 0. The van der Waals surface area contributed by atoms with Crippen LogP contribution in [-0.4, -0.2) is 48.6 Å². The summed E-state index contributed by atoms with van der Waals surface area (Å²) in [6.45, 7) is 7.62. The third-order valence-electron chi connectivity index (χ3n) is 2.83. The molecular weight excluding hydrogens is 162 g/mol. The minimum Gasteiger partial charge on any atom is -0.303 e. The Labute approximate surface area is 80.9 Å². The number of nitriles is 1. The summed E-state index contributed by atoms with van der Waals surface area (Å²) in [5.74, 6) is 0. The third kappa shape index (κ3) is 2.43. The summed E-state index contributed by atoms with van der Waals surface area (Å²) in [6.07, 6.45) is 0.655. The lowest BCUT2D eigenvalue weighted by atomic mass is 10.1. The van der Waals surface area contributed by atoms with Crippen LogP contribution in [0.2, 0.25) is 0 Å². The second kappa shape index (κ2) is 4.59. The summed E-state index contributed by atoms with van der Waals surface area (Å²) in [7, 11) is 2.13. The van der Waals surface area contributed by atoms with Gasteiger partial charge in [-0.25, -0.2) is 0 Å². The van der Waals surface area contributed by atoms with E-state index < -0.39 is 0 Å². The molecule has 2 atom stereocenters. The molecule has 3 heteroatoms. The zero-order chi connectivity index (χ0) is 9.84. The molecule has 1 aliphatic heterocycles. The van der Waals surface area contributed by atoms with E-state index >= 15 is 0 Å². The van der Waals surface area contributed by atoms with Crippen molar-refractivity contribution in [1.29, 1.82) is 5.26 Å². The first-order chi connectivity index (χ1) is 6.19. The molecule has 1 fully saturated rings. The van der Waals surface area contributed by atoms with E-state index in [1.165, 1.54) is 0 Å². The molecule has 13 heavy (non-hydrogen) atoms. The average molecular weight is 181 g/mol. The largest absolute Gasteiger partial charge is 0.303 e. The summed E-state index contributed by atoms with van der Waals surface area (Å²) in [4.78, 5) is 4.75. The van der Waals surface area contributed by atoms with Crippen LogP contribution in [0.5, 0.6) is 0 Å². The van der Waals surface area contributed by atoms with Gasteiger partial charge in [-0.3, -0.25) is 4.90 Å². The Morgan fingerprint density at radius 1 is 1.46 bits per heavy atom. The molecule has 3 nitrogen and oxygen atoms in total. The first kappa shape index (κ1) is 10.5. The number of likely N-dealkylation sites (N-methyl/N-ethyl adjacent to an activating group) is 2. The van der Waals surface area contributed by atoms with Crippen LogP contribution in [0.1, 0.15) is 20.3 Å². The van der Waals surface area contributed by atoms with E-state index in [0.717, 1.165) is 19.6 Å². The van der Waals surface area contributed by atoms with Gasteiger partial charge >= 0.3 is 0 Å². The van der Waals surface area contributed by atoms with Crippen LogP contribution < -0.4 is 0 Å². The van der Waals surface area contributed by atoms with Crippen LogP contribution in [0.4, 0.5) is 0 Å². The zero-order valence-electron chi connectivity index (χ0n) is 8.82. The SMILES string of the molecule is CCN1C(C)CN(C)CC1CC#N. The molecule has 74 valence electrons. The van der Waals surface area contributed by atoms with Crippen molar-refractivity contribution >= 4 is 0 Å². The monoisotopic (exact) mass is 181 g/mol. The van der Waals surface area contributed by atoms with E-state index in [9.17, 15) is 0 Å². The number of piperazine rings is 1. The molecule has 2 unspecified atom stereocenters. The minimum atomic E-state index is 0.434. The van der Waals surface area contributed by atoms with E-state index in [1.807, 2.05) is 0 Å². The van der Waals surface area contributed by atoms with Crippen molar-refractivity contribution in [2.45, 2.75) is 32.4 Å². The minimum absolute atomic E-state index is 0.434. The highest BCUT2D eigenvalue weighted by Crippen LogP contribution is 2.16. The van der Waals surface area contributed by atoms with Crippen molar-refractivity contribution in [3.05, 3.63) is 0 Å². The number of rotatable bonds is 2. The molecule has 1 saturated heterocycles. The van der Waals surface area contributed by atoms with Gasteiger partial charge in [0, 0.05) is 25.2 Å². The molecular formula is C10H19N3. The average Bonchev–Trinajstić information content (AvgIpc) is 2.04. The number of hydrogen-bond acceptors (Lipinski definition) is 3. The zero-order valence-corrected chi connectivity index (χ0v) is 8.82. The molecule has 0 aliphatic carbocycles. The van der Waals surface area contributed by atoms with Gasteiger partial charge in [0.1, 0.15) is 0 Å². The fourth-order valence-electron chi connectivity index (χ4n) is 2.31. The summed E-state index contributed by atoms with van der Waals surface area (Å²) >= 11 is 0. The Hall–Kier alpha value is -0.590. The van der Waals surface area contributed by atoms with Crippen molar-refractivity contribution in [3.63, 3.8) is 0 Å². The van der Waals surface area contributed by atoms with Gasteiger partial charge in [-0.05, 0) is 20.5 Å². The highest BCUT2D eigenvalue weighted by Gasteiger charge is 2.28. The second-order valence-electron chi connectivity index (χ2n) is 3.92. The van der Waals surface area contributed by atoms with E-state index in [4.69, 9.17) is 5.26 Å². The molecule has 1 rings (SSSR count). The maximum Gasteiger partial charge on any atom is 0.0638 e. The van der Waals surface area contributed by atoms with Crippen LogP contribution >= 0.6 is 0 Å². The molecule has 0 amide bonds. The fourth-order valence-corrected chi connectivity index (χ4v) is 2.31. The molecule has 0 spiro atoms. The summed E-state index contributed by atoms with van der Waals surface area (Å²) in [5, 5.41) is 8.71. The van der Waals surface area contributed by atoms with Crippen molar-refractivity contribution in [3.8, 4) is 6.07 Å². The lowest BCUT2D eigenvalue weighted by Crippen LogP contribution is -2.56. The Kier molecular flexibility index (Phi) is 3.71. The van der Waals surface area contributed by atoms with Crippen molar-refractivity contribution in [1.82, 2.24) is 9.80 Å². The highest BCUT2D eigenvalue weighted by molar-refractivity contribution is 4.90. The van der Waals surface area contributed by atoms with Crippen molar-refractivity contribution < 1.29 is 0 Å². The predicted molar refractivity (Wildman–Crippen MR) is 53.4 cm³/mol. The van der Waals surface area contributed by atoms with Crippen LogP contribution in [0, 0.1) is 11.3 Å². The fraction of sp³-hybridized carbons (Fsp3) is 0.900. The number of hydrogen-bond donors (Lipinski definition) is 0. The molecule has 1 heterocycles. The Morgan fingerprint density at radius 3 is 2.69 bits per heavy atom. The number of nitrogens with zero attached hydrogens (tertiary/aromatic N) is 3. The molecule has 0 bridgehead atoms. The van der Waals surface area contributed by atoms with Crippen molar-refractivity contribution in [2.24, 2.45) is 0 Å². The quantitative estimate of drug-likeness (QED) is 0.634. The van der Waals surface area contributed by atoms with Gasteiger partial charge in [0.05, 0.1) is 12.5 Å². The maximum atomic E-state index is 8.71. The van der Waals surface area contributed by atoms with E-state index in [1.54, 1.807) is 0 Å². The van der Waals surface area contributed by atoms with E-state index in [-0.39, 0.29) is 0 Å². The molecule has 0 aromatic rings. The highest BCUT2D eigenvalue weighted by atomic mass is 15.3. The van der Waals surface area contributed by atoms with Crippen molar-refractivity contribution in [2.75, 3.05) is 26.7 Å². The first-order valence-corrected chi connectivity index (χ1v) is 5.00. The van der Waals surface area contributed by atoms with Gasteiger partial charge in [-0.2, -0.15) is 5.26 Å². The molecule has 0 radical (unpaired) electrons. The van der Waals surface area contributed by atoms with Crippen LogP contribution in [0.25, 0.3) is 0 Å². The second-order valence-corrected chi connectivity index (χ2v) is 3.92. The van der Waals surface area contributed by atoms with Gasteiger partial charge in [-0.15, -0.1) is 0 Å². The summed E-state index contributed by atoms with van der Waals surface area (Å²) < 4.78 is 0. The normalized spacial score (nSPS) is 31.5. The smallest absolute Gasteiger partial charge is 0.0638 e. The van der Waals surface area contributed by atoms with Gasteiger partial charge < -0.3 is 4.90 Å². The lowest BCUT2D eigenvalue weighted by molar-refractivity contribution is 0.0504. The Morgan fingerprint density at radius 2 is 2.15 bits per heavy atom. The van der Waals surface area contributed by atoms with Crippen LogP contribution in [0.3, 0.4) is 0 Å². The van der Waals surface area contributed by atoms with Crippen LogP contribution in [-0.2, 0) is 0 Å². The standard InChI is InChI=1S/C10H19N3/c1-4-13-9(2)7-12(3)8-10(13)5-6-11/h9-10H,4-5,7-8H2,1-3H3. The molecule has 1 aliphatic rings. The molecule has 0 saturated carbocycles. The Balaban J connectivity index is 2.61. The predicted octanol–water partition coefficient (Wildman–Crippen LogP) is 0.924. The molecule has 0 aromatic heterocycles.